The van der Waals surface area contributed by atoms with Gasteiger partial charge in [-0.25, -0.2) is 0 Å². The Hall–Kier alpha value is -2.01. The fraction of sp³-hybridized carbons (Fsp3) is 0.400. The first kappa shape index (κ1) is 15.3. The number of rotatable bonds is 1. The van der Waals surface area contributed by atoms with Gasteiger partial charge >= 0.3 is 6.18 Å². The molecule has 3 aliphatic rings. The smallest absolute Gasteiger partial charge is 0.367 e. The van der Waals surface area contributed by atoms with Crippen molar-refractivity contribution in [2.24, 2.45) is 0 Å². The van der Waals surface area contributed by atoms with Gasteiger partial charge in [-0.3, -0.25) is 0 Å². The molecule has 5 rings (SSSR count). The number of anilines is 1. The average molecular weight is 344 g/mol. The topological polar surface area (TPSA) is 15.3 Å². The highest BCUT2D eigenvalue weighted by Gasteiger charge is 2.43. The molecule has 3 aliphatic heterocycles. The lowest BCUT2D eigenvalue weighted by Crippen LogP contribution is -2.43. The molecule has 0 unspecified atom stereocenters. The van der Waals surface area contributed by atoms with E-state index in [4.69, 9.17) is 0 Å². The summed E-state index contributed by atoms with van der Waals surface area (Å²) in [6, 6.07) is 10.4. The van der Waals surface area contributed by atoms with Gasteiger partial charge < -0.3 is 10.2 Å². The Morgan fingerprint density at radius 3 is 2.80 bits per heavy atom. The number of benzene rings is 2. The van der Waals surface area contributed by atoms with Gasteiger partial charge in [0.05, 0.1) is 5.56 Å². The Morgan fingerprint density at radius 1 is 1.12 bits per heavy atom. The van der Waals surface area contributed by atoms with Crippen molar-refractivity contribution in [3.8, 4) is 11.1 Å². The van der Waals surface area contributed by atoms with Crippen molar-refractivity contribution in [3.63, 3.8) is 0 Å². The molecule has 3 heterocycles. The van der Waals surface area contributed by atoms with Crippen LogP contribution in [0.2, 0.25) is 0 Å². The van der Waals surface area contributed by atoms with E-state index in [1.165, 1.54) is 28.9 Å². The minimum absolute atomic E-state index is 0.291. The SMILES string of the molecule is FC(F)(F)c1ccccc1-c1cc2c3c(c1)[C@H]1CNCC[C@H]1N3CC2. The zero-order valence-electron chi connectivity index (χ0n) is 13.7. The molecule has 0 spiro atoms. The van der Waals surface area contributed by atoms with E-state index in [0.29, 0.717) is 23.1 Å². The third kappa shape index (κ3) is 2.21. The zero-order valence-corrected chi connectivity index (χ0v) is 13.7. The summed E-state index contributed by atoms with van der Waals surface area (Å²) in [5, 5.41) is 3.45. The van der Waals surface area contributed by atoms with Crippen LogP contribution in [0.3, 0.4) is 0 Å². The number of hydrogen-bond donors (Lipinski definition) is 1. The maximum absolute atomic E-state index is 13.4. The summed E-state index contributed by atoms with van der Waals surface area (Å²) in [5.41, 5.74) is 4.19. The molecule has 0 bridgehead atoms. The summed E-state index contributed by atoms with van der Waals surface area (Å²) in [6.45, 7) is 2.93. The molecule has 1 saturated heterocycles. The molecule has 25 heavy (non-hydrogen) atoms. The Kier molecular flexibility index (Phi) is 3.20. The Balaban J connectivity index is 1.68. The van der Waals surface area contributed by atoms with Gasteiger partial charge in [-0.05, 0) is 59.8 Å². The van der Waals surface area contributed by atoms with E-state index in [1.54, 1.807) is 12.1 Å². The summed E-state index contributed by atoms with van der Waals surface area (Å²) in [7, 11) is 0. The molecular formula is C20H19F3N2. The van der Waals surface area contributed by atoms with Crippen LogP contribution in [0.25, 0.3) is 11.1 Å². The normalized spacial score (nSPS) is 24.4. The predicted molar refractivity (Wildman–Crippen MR) is 91.9 cm³/mol. The van der Waals surface area contributed by atoms with Gasteiger partial charge in [-0.1, -0.05) is 18.2 Å². The van der Waals surface area contributed by atoms with E-state index in [9.17, 15) is 13.2 Å². The lowest BCUT2D eigenvalue weighted by atomic mass is 9.86. The summed E-state index contributed by atoms with van der Waals surface area (Å²) in [6.07, 6.45) is -2.30. The van der Waals surface area contributed by atoms with Crippen molar-refractivity contribution in [2.75, 3.05) is 24.5 Å². The fourth-order valence-electron chi connectivity index (χ4n) is 4.90. The fourth-order valence-corrected chi connectivity index (χ4v) is 4.90. The Labute approximate surface area is 144 Å². The van der Waals surface area contributed by atoms with Crippen LogP contribution in [0.5, 0.6) is 0 Å². The minimum Gasteiger partial charge on any atom is -0.367 e. The lowest BCUT2D eigenvalue weighted by Gasteiger charge is -2.32. The zero-order chi connectivity index (χ0) is 17.2. The van der Waals surface area contributed by atoms with E-state index in [1.807, 2.05) is 12.1 Å². The molecule has 0 radical (unpaired) electrons. The molecule has 0 amide bonds. The second-order valence-electron chi connectivity index (χ2n) is 7.23. The first-order valence-corrected chi connectivity index (χ1v) is 8.85. The largest absolute Gasteiger partial charge is 0.417 e. The first-order valence-electron chi connectivity index (χ1n) is 8.85. The van der Waals surface area contributed by atoms with E-state index in [2.05, 4.69) is 10.2 Å². The highest BCUT2D eigenvalue weighted by Crippen LogP contribution is 2.50. The molecule has 2 atom stereocenters. The molecule has 1 fully saturated rings. The van der Waals surface area contributed by atoms with Crippen molar-refractivity contribution < 1.29 is 13.2 Å². The van der Waals surface area contributed by atoms with E-state index >= 15 is 0 Å². The molecule has 130 valence electrons. The third-order valence-corrected chi connectivity index (χ3v) is 5.92. The Bertz CT molecular complexity index is 843. The first-order chi connectivity index (χ1) is 12.0. The number of fused-ring (bicyclic) bond motifs is 3. The van der Waals surface area contributed by atoms with Gasteiger partial charge in [0.25, 0.3) is 0 Å². The molecule has 2 aromatic rings. The number of nitrogens with one attached hydrogen (secondary N) is 1. The van der Waals surface area contributed by atoms with Crippen LogP contribution in [-0.2, 0) is 12.6 Å². The maximum atomic E-state index is 13.4. The van der Waals surface area contributed by atoms with Gasteiger partial charge in [0.2, 0.25) is 0 Å². The summed E-state index contributed by atoms with van der Waals surface area (Å²) in [4.78, 5) is 2.50. The second kappa shape index (κ2) is 5.24. The highest BCUT2D eigenvalue weighted by atomic mass is 19.4. The number of halogens is 3. The van der Waals surface area contributed by atoms with Crippen molar-refractivity contribution in [3.05, 3.63) is 53.1 Å². The van der Waals surface area contributed by atoms with Crippen molar-refractivity contribution >= 4 is 5.69 Å². The van der Waals surface area contributed by atoms with Crippen LogP contribution in [0.4, 0.5) is 18.9 Å². The van der Waals surface area contributed by atoms with E-state index in [-0.39, 0.29) is 0 Å². The average Bonchev–Trinajstić information content (AvgIpc) is 3.17. The monoisotopic (exact) mass is 344 g/mol. The molecule has 0 aliphatic carbocycles. The van der Waals surface area contributed by atoms with Crippen LogP contribution in [0, 0.1) is 0 Å². The molecule has 0 saturated carbocycles. The summed E-state index contributed by atoms with van der Waals surface area (Å²) >= 11 is 0. The second-order valence-corrected chi connectivity index (χ2v) is 7.23. The van der Waals surface area contributed by atoms with Crippen molar-refractivity contribution in [1.82, 2.24) is 5.32 Å². The van der Waals surface area contributed by atoms with Crippen LogP contribution in [0.1, 0.15) is 29.0 Å². The van der Waals surface area contributed by atoms with Crippen LogP contribution >= 0.6 is 0 Å². The molecule has 2 aromatic carbocycles. The number of piperidine rings is 1. The Morgan fingerprint density at radius 2 is 1.96 bits per heavy atom. The summed E-state index contributed by atoms with van der Waals surface area (Å²) < 4.78 is 40.3. The third-order valence-electron chi connectivity index (χ3n) is 5.92. The van der Waals surface area contributed by atoms with Crippen LogP contribution in [-0.4, -0.2) is 25.7 Å². The lowest BCUT2D eigenvalue weighted by molar-refractivity contribution is -0.137. The molecular weight excluding hydrogens is 325 g/mol. The number of nitrogens with zero attached hydrogens (tertiary/aromatic N) is 1. The molecule has 0 aromatic heterocycles. The number of alkyl halides is 3. The van der Waals surface area contributed by atoms with Crippen molar-refractivity contribution in [1.29, 1.82) is 0 Å². The molecule has 1 N–H and O–H groups in total. The summed E-state index contributed by atoms with van der Waals surface area (Å²) in [5.74, 6) is 0.390. The van der Waals surface area contributed by atoms with E-state index < -0.39 is 11.7 Å². The van der Waals surface area contributed by atoms with Gasteiger partial charge in [-0.15, -0.1) is 0 Å². The van der Waals surface area contributed by atoms with Gasteiger partial charge in [0.15, 0.2) is 0 Å². The van der Waals surface area contributed by atoms with Crippen LogP contribution < -0.4 is 10.2 Å². The number of hydrogen-bond acceptors (Lipinski definition) is 2. The van der Waals surface area contributed by atoms with Gasteiger partial charge in [-0.2, -0.15) is 13.2 Å². The minimum atomic E-state index is -4.34. The molecule has 5 heteroatoms. The standard InChI is InChI=1S/C20H19F3N2/c21-20(22,23)17-4-2-1-3-14(17)13-9-12-6-8-25-18-5-7-24-11-16(18)15(10-13)19(12)25/h1-4,9-10,16,18,24H,5-8,11H2/t16-,18-/m1/s1. The van der Waals surface area contributed by atoms with Gasteiger partial charge in [0.1, 0.15) is 0 Å². The van der Waals surface area contributed by atoms with Crippen molar-refractivity contribution in [2.45, 2.75) is 31.0 Å². The van der Waals surface area contributed by atoms with Crippen LogP contribution in [0.15, 0.2) is 36.4 Å². The molecule has 2 nitrogen and oxygen atoms in total. The highest BCUT2D eigenvalue weighted by molar-refractivity contribution is 5.79. The van der Waals surface area contributed by atoms with Gasteiger partial charge in [0, 0.05) is 30.7 Å². The maximum Gasteiger partial charge on any atom is 0.417 e. The van der Waals surface area contributed by atoms with E-state index in [0.717, 1.165) is 32.5 Å². The quantitative estimate of drug-likeness (QED) is 0.834. The predicted octanol–water partition coefficient (Wildman–Crippen LogP) is 4.19.